The van der Waals surface area contributed by atoms with Crippen LogP contribution >= 0.6 is 0 Å². The minimum atomic E-state index is -0.571. The van der Waals surface area contributed by atoms with Gasteiger partial charge in [-0.1, -0.05) is 0 Å². The summed E-state index contributed by atoms with van der Waals surface area (Å²) in [6.07, 6.45) is 1.44. The molecule has 0 amide bonds. The smallest absolute Gasteiger partial charge is 0.378 e. The number of nitrogens with zero attached hydrogens (tertiary/aromatic N) is 5. The summed E-state index contributed by atoms with van der Waals surface area (Å²) in [4.78, 5) is 19.7. The molecule has 2 aromatic rings. The molecule has 2 aromatic heterocycles. The molecule has 0 saturated heterocycles. The summed E-state index contributed by atoms with van der Waals surface area (Å²) in [5, 5.41) is 12.7. The lowest BCUT2D eigenvalue weighted by Crippen LogP contribution is -2.07. The molecule has 0 aliphatic heterocycles. The topological polar surface area (TPSA) is 93.7 Å². The van der Waals surface area contributed by atoms with E-state index in [1.807, 2.05) is 6.07 Å². The van der Waals surface area contributed by atoms with Crippen LogP contribution in [0.4, 0.5) is 0 Å². The first-order valence-electron chi connectivity index (χ1n) is 5.60. The third-order valence-electron chi connectivity index (χ3n) is 2.34. The monoisotopic (exact) mass is 257 g/mol. The number of rotatable bonds is 3. The van der Waals surface area contributed by atoms with Crippen molar-refractivity contribution < 1.29 is 9.53 Å². The Morgan fingerprint density at radius 2 is 2.32 bits per heavy atom. The number of carbonyl (C=O) groups excluding carboxylic acids is 1. The Morgan fingerprint density at radius 1 is 1.53 bits per heavy atom. The van der Waals surface area contributed by atoms with Gasteiger partial charge >= 0.3 is 5.97 Å². The van der Waals surface area contributed by atoms with Crippen LogP contribution in [0.3, 0.4) is 0 Å². The predicted molar refractivity (Wildman–Crippen MR) is 64.9 cm³/mol. The normalized spacial score (nSPS) is 9.95. The fourth-order valence-corrected chi connectivity index (χ4v) is 1.48. The summed E-state index contributed by atoms with van der Waals surface area (Å²) in [6, 6.07) is 5.26. The number of nitriles is 1. The Labute approximate surface area is 109 Å². The van der Waals surface area contributed by atoms with Gasteiger partial charge in [-0.25, -0.2) is 9.48 Å². The molecule has 0 N–H and O–H groups in total. The van der Waals surface area contributed by atoms with Gasteiger partial charge < -0.3 is 4.74 Å². The SMILES string of the molecule is CCOC(=O)c1nc(-c2ccc(C#N)cn2)n(C)n1. The second-order valence-electron chi connectivity index (χ2n) is 3.65. The van der Waals surface area contributed by atoms with Gasteiger partial charge in [0.1, 0.15) is 11.8 Å². The van der Waals surface area contributed by atoms with Crippen molar-refractivity contribution in [3.05, 3.63) is 29.7 Å². The molecule has 0 saturated carbocycles. The largest absolute Gasteiger partial charge is 0.460 e. The molecule has 0 aliphatic rings. The molecular formula is C12H11N5O2. The minimum absolute atomic E-state index is 0.00879. The van der Waals surface area contributed by atoms with E-state index in [9.17, 15) is 4.79 Å². The molecule has 0 aliphatic carbocycles. The van der Waals surface area contributed by atoms with Crippen LogP contribution in [0.1, 0.15) is 23.1 Å². The number of hydrogen-bond acceptors (Lipinski definition) is 6. The second kappa shape index (κ2) is 5.27. The fourth-order valence-electron chi connectivity index (χ4n) is 1.48. The number of aromatic nitrogens is 4. The summed E-state index contributed by atoms with van der Waals surface area (Å²) in [5.41, 5.74) is 0.987. The summed E-state index contributed by atoms with van der Waals surface area (Å²) in [6.45, 7) is 1.98. The highest BCUT2D eigenvalue weighted by molar-refractivity contribution is 5.85. The molecule has 96 valence electrons. The molecule has 0 unspecified atom stereocenters. The number of hydrogen-bond donors (Lipinski definition) is 0. The van der Waals surface area contributed by atoms with Crippen LogP contribution in [-0.2, 0) is 11.8 Å². The Balaban J connectivity index is 2.34. The quantitative estimate of drug-likeness (QED) is 0.759. The molecule has 0 spiro atoms. The fraction of sp³-hybridized carbons (Fsp3) is 0.250. The molecule has 0 fully saturated rings. The van der Waals surface area contributed by atoms with E-state index in [1.54, 1.807) is 26.1 Å². The highest BCUT2D eigenvalue weighted by atomic mass is 16.5. The van der Waals surface area contributed by atoms with Gasteiger partial charge in [0.15, 0.2) is 5.82 Å². The minimum Gasteiger partial charge on any atom is -0.460 e. The Bertz CT molecular complexity index is 639. The van der Waals surface area contributed by atoms with Crippen molar-refractivity contribution in [1.82, 2.24) is 19.7 Å². The highest BCUT2D eigenvalue weighted by Gasteiger charge is 2.17. The van der Waals surface area contributed by atoms with Crippen LogP contribution in [-0.4, -0.2) is 32.3 Å². The second-order valence-corrected chi connectivity index (χ2v) is 3.65. The molecule has 2 heterocycles. The molecule has 0 bridgehead atoms. The lowest BCUT2D eigenvalue weighted by molar-refractivity contribution is 0.0512. The molecular weight excluding hydrogens is 246 g/mol. The van der Waals surface area contributed by atoms with Crippen molar-refractivity contribution in [2.24, 2.45) is 7.05 Å². The zero-order valence-electron chi connectivity index (χ0n) is 10.5. The van der Waals surface area contributed by atoms with Gasteiger partial charge in [-0.15, -0.1) is 5.10 Å². The third kappa shape index (κ3) is 2.57. The average molecular weight is 257 g/mol. The first kappa shape index (κ1) is 12.7. The maximum Gasteiger partial charge on any atom is 0.378 e. The Hall–Kier alpha value is -2.75. The van der Waals surface area contributed by atoms with Crippen molar-refractivity contribution in [2.45, 2.75) is 6.92 Å². The maximum atomic E-state index is 11.5. The number of ether oxygens (including phenoxy) is 1. The Morgan fingerprint density at radius 3 is 2.89 bits per heavy atom. The first-order chi connectivity index (χ1) is 9.15. The van der Waals surface area contributed by atoms with Gasteiger partial charge in [0.25, 0.3) is 5.82 Å². The van der Waals surface area contributed by atoms with E-state index in [4.69, 9.17) is 10.00 Å². The summed E-state index contributed by atoms with van der Waals surface area (Å²) < 4.78 is 6.27. The number of pyridine rings is 1. The van der Waals surface area contributed by atoms with Gasteiger partial charge in [-0.05, 0) is 19.1 Å². The van der Waals surface area contributed by atoms with Crippen molar-refractivity contribution >= 4 is 5.97 Å². The van der Waals surface area contributed by atoms with Crippen molar-refractivity contribution in [3.63, 3.8) is 0 Å². The molecule has 19 heavy (non-hydrogen) atoms. The molecule has 7 nitrogen and oxygen atoms in total. The van der Waals surface area contributed by atoms with Crippen molar-refractivity contribution in [3.8, 4) is 17.6 Å². The zero-order valence-corrected chi connectivity index (χ0v) is 10.5. The van der Waals surface area contributed by atoms with E-state index < -0.39 is 5.97 Å². The third-order valence-corrected chi connectivity index (χ3v) is 2.34. The van der Waals surface area contributed by atoms with Crippen LogP contribution < -0.4 is 0 Å². The van der Waals surface area contributed by atoms with Gasteiger partial charge in [0.05, 0.1) is 12.2 Å². The highest BCUT2D eigenvalue weighted by Crippen LogP contribution is 2.14. The van der Waals surface area contributed by atoms with E-state index in [0.717, 1.165) is 0 Å². The van der Waals surface area contributed by atoms with Crippen LogP contribution in [0.5, 0.6) is 0 Å². The van der Waals surface area contributed by atoms with E-state index in [2.05, 4.69) is 15.1 Å². The number of carbonyl (C=O) groups is 1. The lowest BCUT2D eigenvalue weighted by atomic mass is 10.2. The van der Waals surface area contributed by atoms with Crippen molar-refractivity contribution in [1.29, 1.82) is 5.26 Å². The standard InChI is InChI=1S/C12H11N5O2/c1-3-19-12(18)10-15-11(17(2)16-10)9-5-4-8(6-13)7-14-9/h4-5,7H,3H2,1-2H3. The van der Waals surface area contributed by atoms with Crippen molar-refractivity contribution in [2.75, 3.05) is 6.61 Å². The van der Waals surface area contributed by atoms with Gasteiger partial charge in [0, 0.05) is 13.2 Å². The van der Waals surface area contributed by atoms with E-state index in [0.29, 0.717) is 17.1 Å². The number of esters is 1. The molecule has 0 aromatic carbocycles. The van der Waals surface area contributed by atoms with Crippen LogP contribution in [0.15, 0.2) is 18.3 Å². The van der Waals surface area contributed by atoms with Crippen LogP contribution in [0, 0.1) is 11.3 Å². The molecule has 7 heteroatoms. The molecule has 2 rings (SSSR count). The molecule has 0 atom stereocenters. The lowest BCUT2D eigenvalue weighted by Gasteiger charge is -1.98. The zero-order chi connectivity index (χ0) is 13.8. The first-order valence-corrected chi connectivity index (χ1v) is 5.60. The molecule has 0 radical (unpaired) electrons. The predicted octanol–water partition coefficient (Wildman–Crippen LogP) is 0.925. The number of aryl methyl sites for hydroxylation is 1. The van der Waals surface area contributed by atoms with Gasteiger partial charge in [0.2, 0.25) is 0 Å². The van der Waals surface area contributed by atoms with E-state index >= 15 is 0 Å². The van der Waals surface area contributed by atoms with Gasteiger partial charge in [-0.2, -0.15) is 10.2 Å². The van der Waals surface area contributed by atoms with Crippen LogP contribution in [0.25, 0.3) is 11.5 Å². The summed E-state index contributed by atoms with van der Waals surface area (Å²) in [7, 11) is 1.66. The summed E-state index contributed by atoms with van der Waals surface area (Å²) in [5.74, 6) is -0.143. The van der Waals surface area contributed by atoms with Crippen LogP contribution in [0.2, 0.25) is 0 Å². The Kier molecular flexibility index (Phi) is 3.52. The maximum absolute atomic E-state index is 11.5. The summed E-state index contributed by atoms with van der Waals surface area (Å²) >= 11 is 0. The van der Waals surface area contributed by atoms with Gasteiger partial charge in [-0.3, -0.25) is 4.98 Å². The van der Waals surface area contributed by atoms with E-state index in [-0.39, 0.29) is 12.4 Å². The van der Waals surface area contributed by atoms with E-state index in [1.165, 1.54) is 10.9 Å². The average Bonchev–Trinajstić information content (AvgIpc) is 2.81.